The van der Waals surface area contributed by atoms with Gasteiger partial charge < -0.3 is 15.2 Å². The first-order chi connectivity index (χ1) is 10.0. The zero-order chi connectivity index (χ0) is 15.4. The van der Waals surface area contributed by atoms with Gasteiger partial charge in [0.15, 0.2) is 11.6 Å². The molecule has 0 fully saturated rings. The third kappa shape index (κ3) is 3.65. The van der Waals surface area contributed by atoms with Crippen LogP contribution in [0.1, 0.15) is 24.1 Å². The molecule has 5 heteroatoms. The highest BCUT2D eigenvalue weighted by atomic mass is 35.5. The number of benzene rings is 2. The van der Waals surface area contributed by atoms with Crippen molar-refractivity contribution in [3.05, 3.63) is 58.4 Å². The van der Waals surface area contributed by atoms with E-state index in [0.717, 1.165) is 11.1 Å². The Balaban J connectivity index is 2.21. The van der Waals surface area contributed by atoms with Gasteiger partial charge in [-0.2, -0.15) is 0 Å². The zero-order valence-electron chi connectivity index (χ0n) is 11.9. The van der Waals surface area contributed by atoms with Crippen LogP contribution in [0.5, 0.6) is 5.75 Å². The number of hydrogen-bond donors (Lipinski definition) is 2. The van der Waals surface area contributed by atoms with E-state index < -0.39 is 5.82 Å². The molecule has 0 aliphatic heterocycles. The second kappa shape index (κ2) is 6.78. The Bertz CT molecular complexity index is 634. The van der Waals surface area contributed by atoms with Crippen LogP contribution in [0.3, 0.4) is 0 Å². The molecule has 0 aliphatic carbocycles. The molecule has 0 aromatic heterocycles. The molecule has 2 rings (SSSR count). The van der Waals surface area contributed by atoms with Crippen LogP contribution in [-0.4, -0.2) is 12.2 Å². The molecule has 21 heavy (non-hydrogen) atoms. The Labute approximate surface area is 128 Å². The van der Waals surface area contributed by atoms with Gasteiger partial charge >= 0.3 is 0 Å². The van der Waals surface area contributed by atoms with Crippen molar-refractivity contribution in [3.63, 3.8) is 0 Å². The number of nitrogens with one attached hydrogen (secondary N) is 1. The second-order valence-corrected chi connectivity index (χ2v) is 5.14. The van der Waals surface area contributed by atoms with E-state index in [0.29, 0.717) is 10.7 Å². The molecule has 2 aromatic rings. The Kier molecular flexibility index (Phi) is 5.04. The summed E-state index contributed by atoms with van der Waals surface area (Å²) in [5.74, 6) is -0.190. The Hall–Kier alpha value is -1.78. The molecule has 0 amide bonds. The maximum absolute atomic E-state index is 13.7. The fourth-order valence-electron chi connectivity index (χ4n) is 2.05. The maximum atomic E-state index is 13.7. The molecule has 0 saturated carbocycles. The lowest BCUT2D eigenvalue weighted by Crippen LogP contribution is -2.08. The van der Waals surface area contributed by atoms with E-state index in [1.807, 2.05) is 6.92 Å². The van der Waals surface area contributed by atoms with E-state index >= 15 is 0 Å². The van der Waals surface area contributed by atoms with Gasteiger partial charge in [-0.3, -0.25) is 0 Å². The molecule has 0 saturated heterocycles. The summed E-state index contributed by atoms with van der Waals surface area (Å²) in [5.41, 5.74) is 2.24. The first-order valence-corrected chi connectivity index (χ1v) is 6.92. The standard InChI is InChI=1S/C16H17ClFNO2/c1-10(12-4-6-16(21-2)14(18)8-12)19-15-7-11(9-20)3-5-13(15)17/h3-8,10,19-20H,9H2,1-2H3. The van der Waals surface area contributed by atoms with Crippen molar-refractivity contribution in [3.8, 4) is 5.75 Å². The second-order valence-electron chi connectivity index (χ2n) is 4.73. The molecule has 0 radical (unpaired) electrons. The van der Waals surface area contributed by atoms with Crippen molar-refractivity contribution in [1.82, 2.24) is 0 Å². The van der Waals surface area contributed by atoms with Gasteiger partial charge in [-0.25, -0.2) is 4.39 Å². The van der Waals surface area contributed by atoms with Gasteiger partial charge in [0, 0.05) is 6.04 Å². The van der Waals surface area contributed by atoms with Crippen molar-refractivity contribution in [2.45, 2.75) is 19.6 Å². The predicted octanol–water partition coefficient (Wildman–Crippen LogP) is 4.15. The molecule has 0 spiro atoms. The van der Waals surface area contributed by atoms with E-state index in [9.17, 15) is 4.39 Å². The number of methoxy groups -OCH3 is 1. The normalized spacial score (nSPS) is 12.0. The Morgan fingerprint density at radius 2 is 2.05 bits per heavy atom. The molecule has 0 aliphatic rings. The first-order valence-electron chi connectivity index (χ1n) is 6.54. The lowest BCUT2D eigenvalue weighted by atomic mass is 10.1. The van der Waals surface area contributed by atoms with Crippen LogP contribution in [0.15, 0.2) is 36.4 Å². The topological polar surface area (TPSA) is 41.5 Å². The fraction of sp³-hybridized carbons (Fsp3) is 0.250. The minimum absolute atomic E-state index is 0.0581. The molecule has 2 N–H and O–H groups in total. The van der Waals surface area contributed by atoms with Crippen LogP contribution in [0.4, 0.5) is 10.1 Å². The van der Waals surface area contributed by atoms with Gasteiger partial charge in [-0.1, -0.05) is 23.7 Å². The zero-order valence-corrected chi connectivity index (χ0v) is 12.6. The van der Waals surface area contributed by atoms with Gasteiger partial charge in [0.25, 0.3) is 0 Å². The number of aliphatic hydroxyl groups excluding tert-OH is 1. The summed E-state index contributed by atoms with van der Waals surface area (Å²) in [6.07, 6.45) is 0. The van der Waals surface area contributed by atoms with Gasteiger partial charge in [0.05, 0.1) is 24.4 Å². The highest BCUT2D eigenvalue weighted by Crippen LogP contribution is 2.29. The highest BCUT2D eigenvalue weighted by molar-refractivity contribution is 6.33. The van der Waals surface area contributed by atoms with E-state index in [2.05, 4.69) is 5.32 Å². The molecular formula is C16H17ClFNO2. The van der Waals surface area contributed by atoms with Crippen molar-refractivity contribution in [2.75, 3.05) is 12.4 Å². The van der Waals surface area contributed by atoms with Crippen LogP contribution >= 0.6 is 11.6 Å². The number of aliphatic hydroxyl groups is 1. The average molecular weight is 310 g/mol. The van der Waals surface area contributed by atoms with Crippen LogP contribution in [-0.2, 0) is 6.61 Å². The summed E-state index contributed by atoms with van der Waals surface area (Å²) in [6.45, 7) is 1.85. The van der Waals surface area contributed by atoms with Gasteiger partial charge in [0.1, 0.15) is 0 Å². The quantitative estimate of drug-likeness (QED) is 0.871. The third-order valence-corrected chi connectivity index (χ3v) is 3.59. The van der Waals surface area contributed by atoms with E-state index in [1.54, 1.807) is 30.3 Å². The average Bonchev–Trinajstić information content (AvgIpc) is 2.49. The van der Waals surface area contributed by atoms with E-state index in [1.165, 1.54) is 13.2 Å². The maximum Gasteiger partial charge on any atom is 0.165 e. The van der Waals surface area contributed by atoms with Crippen molar-refractivity contribution in [2.24, 2.45) is 0 Å². The number of halogens is 2. The highest BCUT2D eigenvalue weighted by Gasteiger charge is 2.11. The summed E-state index contributed by atoms with van der Waals surface area (Å²) >= 11 is 6.13. The van der Waals surface area contributed by atoms with Crippen LogP contribution in [0, 0.1) is 5.82 Å². The van der Waals surface area contributed by atoms with Crippen molar-refractivity contribution < 1.29 is 14.2 Å². The monoisotopic (exact) mass is 309 g/mol. The third-order valence-electron chi connectivity index (χ3n) is 3.26. The summed E-state index contributed by atoms with van der Waals surface area (Å²) in [6, 6.07) is 9.93. The minimum Gasteiger partial charge on any atom is -0.494 e. The van der Waals surface area contributed by atoms with E-state index in [4.69, 9.17) is 21.4 Å². The number of ether oxygens (including phenoxy) is 1. The molecule has 3 nitrogen and oxygen atoms in total. The van der Waals surface area contributed by atoms with Crippen LogP contribution < -0.4 is 10.1 Å². The van der Waals surface area contributed by atoms with Gasteiger partial charge in [0.2, 0.25) is 0 Å². The lowest BCUT2D eigenvalue weighted by molar-refractivity contribution is 0.282. The first kappa shape index (κ1) is 15.6. The Morgan fingerprint density at radius 3 is 2.67 bits per heavy atom. The Morgan fingerprint density at radius 1 is 1.29 bits per heavy atom. The number of rotatable bonds is 5. The lowest BCUT2D eigenvalue weighted by Gasteiger charge is -2.18. The summed E-state index contributed by atoms with van der Waals surface area (Å²) < 4.78 is 18.6. The number of hydrogen-bond acceptors (Lipinski definition) is 3. The molecule has 0 bridgehead atoms. The van der Waals surface area contributed by atoms with Crippen molar-refractivity contribution in [1.29, 1.82) is 0 Å². The molecule has 1 unspecified atom stereocenters. The molecule has 1 atom stereocenters. The van der Waals surface area contributed by atoms with Crippen molar-refractivity contribution >= 4 is 17.3 Å². The summed E-state index contributed by atoms with van der Waals surface area (Å²) in [5, 5.41) is 12.9. The minimum atomic E-state index is -0.404. The van der Waals surface area contributed by atoms with Gasteiger partial charge in [-0.15, -0.1) is 0 Å². The smallest absolute Gasteiger partial charge is 0.165 e. The fourth-order valence-corrected chi connectivity index (χ4v) is 2.22. The predicted molar refractivity (Wildman–Crippen MR) is 82.4 cm³/mol. The molecule has 0 heterocycles. The SMILES string of the molecule is COc1ccc(C(C)Nc2cc(CO)ccc2Cl)cc1F. The summed E-state index contributed by atoms with van der Waals surface area (Å²) in [4.78, 5) is 0. The molecule has 2 aromatic carbocycles. The van der Waals surface area contributed by atoms with Crippen LogP contribution in [0.25, 0.3) is 0 Å². The van der Waals surface area contributed by atoms with E-state index in [-0.39, 0.29) is 18.4 Å². The largest absolute Gasteiger partial charge is 0.494 e. The van der Waals surface area contributed by atoms with Crippen LogP contribution in [0.2, 0.25) is 5.02 Å². The number of anilines is 1. The summed E-state index contributed by atoms with van der Waals surface area (Å²) in [7, 11) is 1.43. The molecule has 112 valence electrons. The molecular weight excluding hydrogens is 293 g/mol. The van der Waals surface area contributed by atoms with Gasteiger partial charge in [-0.05, 0) is 42.3 Å².